The van der Waals surface area contributed by atoms with Crippen LogP contribution in [0.2, 0.25) is 0 Å². The summed E-state index contributed by atoms with van der Waals surface area (Å²) in [7, 11) is 2.87. The summed E-state index contributed by atoms with van der Waals surface area (Å²) in [5, 5.41) is 11.3. The Labute approximate surface area is 169 Å². The van der Waals surface area contributed by atoms with E-state index in [1.165, 1.54) is 11.8 Å². The Kier molecular flexibility index (Phi) is 5.41. The molecule has 0 saturated heterocycles. The first-order valence-electron chi connectivity index (χ1n) is 8.44. The van der Waals surface area contributed by atoms with E-state index in [0.717, 1.165) is 15.9 Å². The van der Waals surface area contributed by atoms with E-state index in [9.17, 15) is 9.59 Å². The van der Waals surface area contributed by atoms with Crippen LogP contribution in [-0.4, -0.2) is 38.5 Å². The molecule has 0 aliphatic carbocycles. The van der Waals surface area contributed by atoms with Gasteiger partial charge in [-0.05, 0) is 48.8 Å². The summed E-state index contributed by atoms with van der Waals surface area (Å²) in [5.41, 5.74) is 2.79. The molecule has 3 aromatic rings. The number of aromatic nitrogens is 4. The number of anilines is 1. The van der Waals surface area contributed by atoms with Crippen molar-refractivity contribution in [2.75, 3.05) is 12.4 Å². The Morgan fingerprint density at radius 3 is 2.54 bits per heavy atom. The SMILES string of the molecule is COC(=O)c1c(NC(=O)c2ccc(Cn3nc(C)c(Br)c3C)o2)c(C)nn1C. The third kappa shape index (κ3) is 3.59. The molecule has 0 bridgehead atoms. The Balaban J connectivity index is 1.80. The largest absolute Gasteiger partial charge is 0.464 e. The van der Waals surface area contributed by atoms with Crippen LogP contribution in [0.25, 0.3) is 0 Å². The van der Waals surface area contributed by atoms with E-state index in [1.54, 1.807) is 30.8 Å². The van der Waals surface area contributed by atoms with E-state index < -0.39 is 11.9 Å². The molecule has 9 nitrogen and oxygen atoms in total. The van der Waals surface area contributed by atoms with E-state index in [-0.39, 0.29) is 11.5 Å². The van der Waals surface area contributed by atoms with Gasteiger partial charge in [0.25, 0.3) is 5.91 Å². The number of amides is 1. The third-order valence-electron chi connectivity index (χ3n) is 4.32. The number of carbonyl (C=O) groups excluding carboxylic acids is 2. The van der Waals surface area contributed by atoms with Gasteiger partial charge in [-0.25, -0.2) is 4.79 Å². The standard InChI is InChI=1S/C18H20BrN5O4/c1-9-14(19)11(3)24(22-9)8-12-6-7-13(28-12)17(25)20-15-10(2)21-23(4)16(15)18(26)27-5/h6-7H,8H2,1-5H3,(H,20,25). The van der Waals surface area contributed by atoms with Crippen LogP contribution in [0.1, 0.15) is 43.9 Å². The predicted molar refractivity (Wildman–Crippen MR) is 104 cm³/mol. The Bertz CT molecular complexity index is 1060. The van der Waals surface area contributed by atoms with Gasteiger partial charge in [-0.2, -0.15) is 10.2 Å². The highest BCUT2D eigenvalue weighted by atomic mass is 79.9. The molecule has 10 heteroatoms. The van der Waals surface area contributed by atoms with Crippen molar-refractivity contribution in [2.24, 2.45) is 7.05 Å². The van der Waals surface area contributed by atoms with Crippen LogP contribution in [0, 0.1) is 20.8 Å². The van der Waals surface area contributed by atoms with E-state index in [1.807, 2.05) is 13.8 Å². The fourth-order valence-corrected chi connectivity index (χ4v) is 3.16. The maximum atomic E-state index is 12.6. The van der Waals surface area contributed by atoms with Crippen LogP contribution >= 0.6 is 15.9 Å². The van der Waals surface area contributed by atoms with Gasteiger partial charge in [0.05, 0.1) is 40.9 Å². The minimum atomic E-state index is -0.589. The van der Waals surface area contributed by atoms with Gasteiger partial charge in [-0.3, -0.25) is 14.2 Å². The maximum absolute atomic E-state index is 12.6. The van der Waals surface area contributed by atoms with E-state index in [0.29, 0.717) is 23.7 Å². The number of halogens is 1. The average molecular weight is 450 g/mol. The number of rotatable bonds is 5. The molecule has 0 aliphatic heterocycles. The van der Waals surface area contributed by atoms with Crippen LogP contribution in [0.3, 0.4) is 0 Å². The molecule has 0 unspecified atom stereocenters. The second kappa shape index (κ2) is 7.63. The summed E-state index contributed by atoms with van der Waals surface area (Å²) >= 11 is 3.49. The number of esters is 1. The average Bonchev–Trinajstić information content (AvgIpc) is 3.29. The van der Waals surface area contributed by atoms with E-state index >= 15 is 0 Å². The van der Waals surface area contributed by atoms with Gasteiger partial charge in [0.1, 0.15) is 5.76 Å². The molecule has 0 fully saturated rings. The molecule has 0 aromatic carbocycles. The predicted octanol–water partition coefficient (Wildman–Crippen LogP) is 2.98. The molecule has 3 rings (SSSR count). The molecule has 0 radical (unpaired) electrons. The molecule has 0 aliphatic rings. The van der Waals surface area contributed by atoms with Gasteiger partial charge in [0.2, 0.25) is 0 Å². The lowest BCUT2D eigenvalue weighted by atomic mass is 10.3. The van der Waals surface area contributed by atoms with E-state index in [2.05, 4.69) is 31.4 Å². The van der Waals surface area contributed by atoms with Crippen LogP contribution in [0.15, 0.2) is 21.0 Å². The lowest BCUT2D eigenvalue weighted by Gasteiger charge is -2.06. The number of hydrogen-bond acceptors (Lipinski definition) is 6. The Morgan fingerprint density at radius 2 is 1.93 bits per heavy atom. The summed E-state index contributed by atoms with van der Waals surface area (Å²) in [6.45, 7) is 5.94. The molecule has 1 amide bonds. The van der Waals surface area contributed by atoms with Crippen molar-refractivity contribution in [3.05, 3.63) is 50.9 Å². The first kappa shape index (κ1) is 19.9. The molecule has 0 spiro atoms. The molecule has 0 atom stereocenters. The van der Waals surface area contributed by atoms with Gasteiger partial charge in [0, 0.05) is 7.05 Å². The van der Waals surface area contributed by atoms with Gasteiger partial charge in [-0.1, -0.05) is 0 Å². The molecule has 3 heterocycles. The monoisotopic (exact) mass is 449 g/mol. The Morgan fingerprint density at radius 1 is 1.21 bits per heavy atom. The zero-order valence-electron chi connectivity index (χ0n) is 16.2. The summed E-state index contributed by atoms with van der Waals surface area (Å²) in [4.78, 5) is 24.6. The summed E-state index contributed by atoms with van der Waals surface area (Å²) in [6, 6.07) is 3.30. The molecule has 0 saturated carbocycles. The lowest BCUT2D eigenvalue weighted by molar-refractivity contribution is 0.0589. The van der Waals surface area contributed by atoms with Crippen molar-refractivity contribution in [3.8, 4) is 0 Å². The zero-order chi connectivity index (χ0) is 20.6. The first-order valence-corrected chi connectivity index (χ1v) is 9.23. The highest BCUT2D eigenvalue weighted by Gasteiger charge is 2.24. The minimum Gasteiger partial charge on any atom is -0.464 e. The quantitative estimate of drug-likeness (QED) is 0.600. The molecular formula is C18H20BrN5O4. The van der Waals surface area contributed by atoms with Crippen LogP contribution < -0.4 is 5.32 Å². The third-order valence-corrected chi connectivity index (χ3v) is 5.47. The number of furan rings is 1. The molecular weight excluding hydrogens is 430 g/mol. The summed E-state index contributed by atoms with van der Waals surface area (Å²) < 4.78 is 14.5. The van der Waals surface area contributed by atoms with Crippen molar-refractivity contribution in [1.82, 2.24) is 19.6 Å². The number of nitrogens with zero attached hydrogens (tertiary/aromatic N) is 4. The number of ether oxygens (including phenoxy) is 1. The highest BCUT2D eigenvalue weighted by Crippen LogP contribution is 2.23. The first-order chi connectivity index (χ1) is 13.2. The molecule has 28 heavy (non-hydrogen) atoms. The van der Waals surface area contributed by atoms with Gasteiger partial charge in [-0.15, -0.1) is 0 Å². The second-order valence-corrected chi connectivity index (χ2v) is 7.08. The lowest BCUT2D eigenvalue weighted by Crippen LogP contribution is -2.16. The maximum Gasteiger partial charge on any atom is 0.358 e. The fourth-order valence-electron chi connectivity index (χ4n) is 2.88. The van der Waals surface area contributed by atoms with Gasteiger partial charge >= 0.3 is 5.97 Å². The molecule has 1 N–H and O–H groups in total. The topological polar surface area (TPSA) is 104 Å². The van der Waals surface area contributed by atoms with Crippen molar-refractivity contribution in [2.45, 2.75) is 27.3 Å². The smallest absolute Gasteiger partial charge is 0.358 e. The van der Waals surface area contributed by atoms with Crippen molar-refractivity contribution < 1.29 is 18.7 Å². The van der Waals surface area contributed by atoms with Crippen molar-refractivity contribution in [3.63, 3.8) is 0 Å². The van der Waals surface area contributed by atoms with Crippen LogP contribution in [0.5, 0.6) is 0 Å². The number of methoxy groups -OCH3 is 1. The molecule has 148 valence electrons. The fraction of sp³-hybridized carbons (Fsp3) is 0.333. The summed E-state index contributed by atoms with van der Waals surface area (Å²) in [6.07, 6.45) is 0. The zero-order valence-corrected chi connectivity index (χ0v) is 17.7. The number of hydrogen-bond donors (Lipinski definition) is 1. The van der Waals surface area contributed by atoms with Crippen LogP contribution in [-0.2, 0) is 18.3 Å². The highest BCUT2D eigenvalue weighted by molar-refractivity contribution is 9.10. The van der Waals surface area contributed by atoms with Crippen molar-refractivity contribution in [1.29, 1.82) is 0 Å². The van der Waals surface area contributed by atoms with Crippen LogP contribution in [0.4, 0.5) is 5.69 Å². The second-order valence-electron chi connectivity index (χ2n) is 6.29. The number of carbonyl (C=O) groups is 2. The number of nitrogens with one attached hydrogen (secondary N) is 1. The van der Waals surface area contributed by atoms with E-state index in [4.69, 9.17) is 9.15 Å². The van der Waals surface area contributed by atoms with Gasteiger partial charge < -0.3 is 14.5 Å². The Hall–Kier alpha value is -2.88. The molecule has 3 aromatic heterocycles. The number of aryl methyl sites for hydroxylation is 3. The normalized spacial score (nSPS) is 10.9. The van der Waals surface area contributed by atoms with Crippen molar-refractivity contribution >= 4 is 33.5 Å². The van der Waals surface area contributed by atoms with Gasteiger partial charge in [0.15, 0.2) is 11.5 Å². The summed E-state index contributed by atoms with van der Waals surface area (Å²) in [5.74, 6) is -0.371. The minimum absolute atomic E-state index is 0.120.